The molecule has 0 aromatic heterocycles. The van der Waals surface area contributed by atoms with Crippen molar-refractivity contribution in [1.29, 1.82) is 0 Å². The average Bonchev–Trinajstić information content (AvgIpc) is 2.73. The number of amidine groups is 1. The number of carbonyl (C=O) groups is 2. The number of fused-ring (bicyclic) bond motifs is 1. The number of anilines is 3. The number of nitrogens with one attached hydrogen (secondary N) is 5. The molecule has 5 N–H and O–H groups in total. The fourth-order valence-corrected chi connectivity index (χ4v) is 4.38. The molecule has 2 heterocycles. The molecule has 2 aliphatic heterocycles. The molecule has 32 heavy (non-hydrogen) atoms. The lowest BCUT2D eigenvalue weighted by Gasteiger charge is -2.43. The smallest absolute Gasteiger partial charge is 0.221 e. The molecular formula is C23H27ClN6O2. The van der Waals surface area contributed by atoms with Gasteiger partial charge in [0, 0.05) is 25.4 Å². The molecule has 1 spiro atoms. The lowest BCUT2D eigenvalue weighted by Crippen LogP contribution is -2.58. The second-order valence-corrected chi connectivity index (χ2v) is 8.61. The third kappa shape index (κ3) is 4.87. The minimum absolute atomic E-state index is 0.212. The Morgan fingerprint density at radius 1 is 1.06 bits per heavy atom. The average molecular weight is 455 g/mol. The van der Waals surface area contributed by atoms with Crippen LogP contribution in [-0.4, -0.2) is 36.3 Å². The highest BCUT2D eigenvalue weighted by Crippen LogP contribution is 2.42. The van der Waals surface area contributed by atoms with Gasteiger partial charge in [0.15, 0.2) is 0 Å². The first-order valence-electron chi connectivity index (χ1n) is 10.6. The van der Waals surface area contributed by atoms with Gasteiger partial charge in [0.2, 0.25) is 11.8 Å². The van der Waals surface area contributed by atoms with Gasteiger partial charge in [-0.3, -0.25) is 9.59 Å². The van der Waals surface area contributed by atoms with Crippen molar-refractivity contribution < 1.29 is 9.59 Å². The fourth-order valence-electron chi connectivity index (χ4n) is 4.17. The second-order valence-electron chi connectivity index (χ2n) is 8.18. The van der Waals surface area contributed by atoms with Crippen molar-refractivity contribution in [3.8, 4) is 0 Å². The maximum absolute atomic E-state index is 11.7. The summed E-state index contributed by atoms with van der Waals surface area (Å²) in [6, 6.07) is 11.4. The lowest BCUT2D eigenvalue weighted by atomic mass is 9.85. The summed E-state index contributed by atoms with van der Waals surface area (Å²) in [5.74, 6) is 0.419. The van der Waals surface area contributed by atoms with Crippen molar-refractivity contribution in [2.75, 3.05) is 29.0 Å². The molecule has 0 radical (unpaired) electrons. The molecule has 9 heteroatoms. The summed E-state index contributed by atoms with van der Waals surface area (Å²) in [6.07, 6.45) is 1.72. The molecule has 8 nitrogen and oxygen atoms in total. The molecular weight excluding hydrogens is 428 g/mol. The Balaban J connectivity index is 1.71. The molecule has 1 saturated heterocycles. The zero-order valence-corrected chi connectivity index (χ0v) is 18.9. The zero-order chi connectivity index (χ0) is 22.7. The summed E-state index contributed by atoms with van der Waals surface area (Å²) in [7, 11) is 0. The van der Waals surface area contributed by atoms with Crippen LogP contribution >= 0.6 is 11.6 Å². The second kappa shape index (κ2) is 9.18. The van der Waals surface area contributed by atoms with Crippen LogP contribution in [0.5, 0.6) is 0 Å². The van der Waals surface area contributed by atoms with E-state index in [2.05, 4.69) is 26.6 Å². The van der Waals surface area contributed by atoms with Crippen molar-refractivity contribution in [2.24, 2.45) is 4.99 Å². The van der Waals surface area contributed by atoms with Crippen molar-refractivity contribution in [3.63, 3.8) is 0 Å². The summed E-state index contributed by atoms with van der Waals surface area (Å²) in [4.78, 5) is 28.4. The van der Waals surface area contributed by atoms with Crippen molar-refractivity contribution >= 4 is 52.0 Å². The number of nitrogens with zero attached hydrogens (tertiary/aromatic N) is 1. The summed E-state index contributed by atoms with van der Waals surface area (Å²) >= 11 is 6.14. The number of halogens is 1. The molecule has 0 saturated carbocycles. The van der Waals surface area contributed by atoms with Gasteiger partial charge in [-0.2, -0.15) is 0 Å². The molecule has 2 aromatic rings. The number of piperidine rings is 1. The van der Waals surface area contributed by atoms with E-state index in [4.69, 9.17) is 16.6 Å². The third-order valence-electron chi connectivity index (χ3n) is 5.62. The SMILES string of the molecule is CC(=O)Nc1cc2c(cc1NC(C)=O)NC1(CCNCC1)C(NCc1cccc(Cl)c1)=N2. The van der Waals surface area contributed by atoms with Gasteiger partial charge in [-0.25, -0.2) is 4.99 Å². The molecule has 1 fully saturated rings. The van der Waals surface area contributed by atoms with E-state index in [1.54, 1.807) is 6.07 Å². The van der Waals surface area contributed by atoms with Crippen LogP contribution in [0.2, 0.25) is 5.02 Å². The molecule has 2 aliphatic rings. The maximum atomic E-state index is 11.7. The number of carbonyl (C=O) groups excluding carboxylic acids is 2. The van der Waals surface area contributed by atoms with E-state index >= 15 is 0 Å². The first-order chi connectivity index (χ1) is 15.3. The Labute approximate surface area is 192 Å². The first kappa shape index (κ1) is 22.1. The van der Waals surface area contributed by atoms with Gasteiger partial charge in [0.25, 0.3) is 0 Å². The van der Waals surface area contributed by atoms with Crippen LogP contribution in [-0.2, 0) is 16.1 Å². The molecule has 0 bridgehead atoms. The molecule has 0 aliphatic carbocycles. The van der Waals surface area contributed by atoms with Gasteiger partial charge >= 0.3 is 0 Å². The summed E-state index contributed by atoms with van der Waals surface area (Å²) < 4.78 is 0. The zero-order valence-electron chi connectivity index (χ0n) is 18.1. The predicted octanol–water partition coefficient (Wildman–Crippen LogP) is 3.62. The van der Waals surface area contributed by atoms with Crippen molar-refractivity contribution in [3.05, 3.63) is 47.0 Å². The molecule has 0 atom stereocenters. The topological polar surface area (TPSA) is 107 Å². The van der Waals surface area contributed by atoms with E-state index in [-0.39, 0.29) is 17.4 Å². The van der Waals surface area contributed by atoms with Crippen LogP contribution in [0.4, 0.5) is 22.7 Å². The van der Waals surface area contributed by atoms with Gasteiger partial charge in [-0.05, 0) is 55.8 Å². The van der Waals surface area contributed by atoms with E-state index in [1.165, 1.54) is 13.8 Å². The van der Waals surface area contributed by atoms with Gasteiger partial charge in [0.1, 0.15) is 5.84 Å². The van der Waals surface area contributed by atoms with Crippen LogP contribution in [0.25, 0.3) is 0 Å². The lowest BCUT2D eigenvalue weighted by molar-refractivity contribution is -0.115. The predicted molar refractivity (Wildman–Crippen MR) is 129 cm³/mol. The Morgan fingerprint density at radius 3 is 2.41 bits per heavy atom. The van der Waals surface area contributed by atoms with E-state index < -0.39 is 0 Å². The largest absolute Gasteiger partial charge is 0.371 e. The third-order valence-corrected chi connectivity index (χ3v) is 5.86. The first-order valence-corrected chi connectivity index (χ1v) is 11.0. The summed E-state index contributed by atoms with van der Waals surface area (Å²) in [5.41, 5.74) is 3.27. The highest BCUT2D eigenvalue weighted by molar-refractivity contribution is 6.30. The number of hydrogen-bond acceptors (Lipinski definition) is 6. The van der Waals surface area contributed by atoms with E-state index in [0.29, 0.717) is 28.6 Å². The normalized spacial score (nSPS) is 16.4. The van der Waals surface area contributed by atoms with E-state index in [0.717, 1.165) is 43.0 Å². The number of benzene rings is 2. The Hall–Kier alpha value is -3.10. The molecule has 2 aromatic carbocycles. The minimum atomic E-state index is -0.347. The van der Waals surface area contributed by atoms with Gasteiger partial charge in [-0.15, -0.1) is 0 Å². The van der Waals surface area contributed by atoms with Crippen LogP contribution in [0.1, 0.15) is 32.3 Å². The standard InChI is InChI=1S/C23H27ClN6O2/c1-14(31)27-18-11-20-21(12-19(18)28-15(2)32)30-23(6-8-25-9-7-23)22(29-20)26-13-16-4-3-5-17(24)10-16/h3-5,10-12,25,30H,6-9,13H2,1-2H3,(H,26,29)(H,27,31)(H,28,32). The van der Waals surface area contributed by atoms with Crippen molar-refractivity contribution in [2.45, 2.75) is 38.8 Å². The van der Waals surface area contributed by atoms with Gasteiger partial charge in [-0.1, -0.05) is 23.7 Å². The molecule has 4 rings (SSSR count). The highest BCUT2D eigenvalue weighted by Gasteiger charge is 2.40. The molecule has 0 unspecified atom stereocenters. The number of amides is 2. The van der Waals surface area contributed by atoms with Crippen molar-refractivity contribution in [1.82, 2.24) is 10.6 Å². The van der Waals surface area contributed by atoms with Crippen LogP contribution in [0.15, 0.2) is 41.4 Å². The van der Waals surface area contributed by atoms with Gasteiger partial charge in [0.05, 0.1) is 28.3 Å². The van der Waals surface area contributed by atoms with E-state index in [9.17, 15) is 9.59 Å². The molecule has 2 amide bonds. The summed E-state index contributed by atoms with van der Waals surface area (Å²) in [6.45, 7) is 5.19. The highest BCUT2D eigenvalue weighted by atomic mass is 35.5. The van der Waals surface area contributed by atoms with Crippen LogP contribution in [0, 0.1) is 0 Å². The Kier molecular flexibility index (Phi) is 6.34. The van der Waals surface area contributed by atoms with E-state index in [1.807, 2.05) is 30.3 Å². The minimum Gasteiger partial charge on any atom is -0.371 e. The quantitative estimate of drug-likeness (QED) is 0.485. The molecule has 168 valence electrons. The summed E-state index contributed by atoms with van der Waals surface area (Å²) in [5, 5.41) is 16.9. The number of aliphatic imine (C=N–C) groups is 1. The Bertz CT molecular complexity index is 1080. The van der Waals surface area contributed by atoms with Crippen LogP contribution < -0.4 is 26.6 Å². The number of rotatable bonds is 4. The van der Waals surface area contributed by atoms with Crippen LogP contribution in [0.3, 0.4) is 0 Å². The fraction of sp³-hybridized carbons (Fsp3) is 0.348. The van der Waals surface area contributed by atoms with Gasteiger partial charge < -0.3 is 26.6 Å². The Morgan fingerprint density at radius 2 is 1.75 bits per heavy atom. The monoisotopic (exact) mass is 454 g/mol. The maximum Gasteiger partial charge on any atom is 0.221 e. The number of hydrogen-bond donors (Lipinski definition) is 5.